The zero-order valence-corrected chi connectivity index (χ0v) is 19.4. The molecule has 0 aliphatic heterocycles. The summed E-state index contributed by atoms with van der Waals surface area (Å²) in [5, 5.41) is 0. The summed E-state index contributed by atoms with van der Waals surface area (Å²) in [5.41, 5.74) is -0.733. The first-order valence-electron chi connectivity index (χ1n) is 11.0. The van der Waals surface area contributed by atoms with Gasteiger partial charge in [0.1, 0.15) is 0 Å². The number of esters is 1. The Labute approximate surface area is 197 Å². The fourth-order valence-corrected chi connectivity index (χ4v) is 6.16. The van der Waals surface area contributed by atoms with Crippen molar-refractivity contribution >= 4 is 16.9 Å². The van der Waals surface area contributed by atoms with Crippen LogP contribution in [0, 0.1) is 17.7 Å². The topological polar surface area (TPSA) is 35.5 Å². The van der Waals surface area contributed by atoms with Crippen LogP contribution < -0.4 is 4.74 Å². The third-order valence-electron chi connectivity index (χ3n) is 5.51. The predicted molar refractivity (Wildman–Crippen MR) is 128 cm³/mol. The van der Waals surface area contributed by atoms with Crippen molar-refractivity contribution in [3.63, 3.8) is 0 Å². The highest BCUT2D eigenvalue weighted by atomic mass is 32.2. The fourth-order valence-electron chi connectivity index (χ4n) is 4.05. The summed E-state index contributed by atoms with van der Waals surface area (Å²) in [4.78, 5) is 15.6. The summed E-state index contributed by atoms with van der Waals surface area (Å²) >= 11 is 0. The Morgan fingerprint density at radius 1 is 0.939 bits per heavy atom. The van der Waals surface area contributed by atoms with Gasteiger partial charge < -0.3 is 9.47 Å². The van der Waals surface area contributed by atoms with E-state index in [0.29, 0.717) is 0 Å². The molecule has 1 aliphatic carbocycles. The molecular weight excluding hydrogens is 435 g/mol. The predicted octanol–water partition coefficient (Wildman–Crippen LogP) is 6.18. The summed E-state index contributed by atoms with van der Waals surface area (Å²) in [6, 6.07) is 25.0. The molecule has 0 amide bonds. The summed E-state index contributed by atoms with van der Waals surface area (Å²) < 4.78 is 25.9. The maximum atomic E-state index is 14.6. The molecule has 3 nitrogen and oxygen atoms in total. The van der Waals surface area contributed by atoms with E-state index >= 15 is 0 Å². The van der Waals surface area contributed by atoms with E-state index in [1.807, 2.05) is 36.4 Å². The second-order valence-electron chi connectivity index (χ2n) is 7.86. The Hall–Kier alpha value is -3.23. The van der Waals surface area contributed by atoms with Gasteiger partial charge in [-0.2, -0.15) is 0 Å². The van der Waals surface area contributed by atoms with E-state index in [1.165, 1.54) is 6.07 Å². The van der Waals surface area contributed by atoms with Crippen molar-refractivity contribution in [3.05, 3.63) is 84.7 Å². The van der Waals surface area contributed by atoms with Crippen LogP contribution in [0.2, 0.25) is 0 Å². The largest absolute Gasteiger partial charge is 0.479 e. The van der Waals surface area contributed by atoms with Crippen LogP contribution in [0.5, 0.6) is 5.75 Å². The number of ether oxygens (including phenoxy) is 2. The van der Waals surface area contributed by atoms with Crippen LogP contribution in [-0.2, 0) is 20.4 Å². The normalized spacial score (nSPS) is 14.4. The molecule has 4 rings (SSSR count). The van der Waals surface area contributed by atoms with Crippen LogP contribution in [0.3, 0.4) is 0 Å². The van der Waals surface area contributed by atoms with Crippen molar-refractivity contribution in [1.29, 1.82) is 0 Å². The number of halogens is 1. The number of hydrogen-bond acceptors (Lipinski definition) is 3. The molecule has 168 valence electrons. The monoisotopic (exact) mass is 461 g/mol. The Bertz CT molecular complexity index is 1110. The van der Waals surface area contributed by atoms with E-state index in [0.717, 1.165) is 40.4 Å². The van der Waals surface area contributed by atoms with Crippen LogP contribution in [0.1, 0.15) is 32.6 Å². The van der Waals surface area contributed by atoms with Crippen LogP contribution in [0.25, 0.3) is 0 Å². The lowest BCUT2D eigenvalue weighted by atomic mass is 10.0. The molecule has 0 radical (unpaired) electrons. The molecule has 0 unspecified atom stereocenters. The number of benzene rings is 3. The molecule has 1 fully saturated rings. The van der Waals surface area contributed by atoms with Gasteiger partial charge in [-0.25, -0.2) is 9.18 Å². The first-order chi connectivity index (χ1) is 16.1. The van der Waals surface area contributed by atoms with E-state index in [-0.39, 0.29) is 12.4 Å². The lowest BCUT2D eigenvalue weighted by molar-refractivity contribution is -0.156. The molecule has 0 spiro atoms. The van der Waals surface area contributed by atoms with Gasteiger partial charge >= 0.3 is 5.97 Å². The van der Waals surface area contributed by atoms with Gasteiger partial charge in [-0.1, -0.05) is 42.3 Å². The molecule has 3 aromatic rings. The lowest BCUT2D eigenvalue weighted by Crippen LogP contribution is -2.32. The second kappa shape index (κ2) is 10.6. The van der Waals surface area contributed by atoms with Gasteiger partial charge in [0.05, 0.1) is 10.9 Å². The minimum atomic E-state index is -0.733. The molecule has 0 heterocycles. The van der Waals surface area contributed by atoms with Crippen LogP contribution in [-0.4, -0.2) is 18.2 Å². The number of hydrogen-bond donors (Lipinski definition) is 0. The van der Waals surface area contributed by atoms with Gasteiger partial charge in [-0.15, -0.1) is 5.92 Å². The zero-order valence-electron chi connectivity index (χ0n) is 18.6. The van der Waals surface area contributed by atoms with Crippen molar-refractivity contribution < 1.29 is 18.7 Å². The summed E-state index contributed by atoms with van der Waals surface area (Å²) in [6.07, 6.45) is 3.39. The minimum absolute atomic E-state index is 0.0378. The Morgan fingerprint density at radius 3 is 2.12 bits per heavy atom. The molecule has 0 atom stereocenters. The third kappa shape index (κ3) is 5.58. The van der Waals surface area contributed by atoms with Crippen molar-refractivity contribution in [3.8, 4) is 17.6 Å². The molecule has 3 aromatic carbocycles. The van der Waals surface area contributed by atoms with Crippen LogP contribution in [0.4, 0.5) is 4.39 Å². The van der Waals surface area contributed by atoms with E-state index < -0.39 is 28.3 Å². The molecule has 1 saturated carbocycles. The Balaban J connectivity index is 1.55. The molecule has 0 bridgehead atoms. The molecule has 33 heavy (non-hydrogen) atoms. The standard InChI is InChI=1S/C28H26FO3S/c1-2-17-28(18-9-10-19-28)32-27(30)21-31-26-20-24(15-16-25(26)29)33(22-11-5-3-6-12-22)23-13-7-4-8-14-23/h3-8,11-16,20H,9-10,18-19,21H2,1H3/q+1. The Kier molecular flexibility index (Phi) is 7.36. The first-order valence-corrected chi connectivity index (χ1v) is 12.3. The van der Waals surface area contributed by atoms with Gasteiger partial charge in [-0.05, 0) is 69.0 Å². The summed E-state index contributed by atoms with van der Waals surface area (Å²) in [7, 11) is -0.442. The molecular formula is C28H26FO3S+. The molecule has 0 saturated heterocycles. The van der Waals surface area contributed by atoms with Crippen molar-refractivity contribution in [1.82, 2.24) is 0 Å². The molecule has 1 aliphatic rings. The SMILES string of the molecule is CC#CC1(OC(=O)COc2cc([S+](c3ccccc3)c3ccccc3)ccc2F)CCCC1. The second-order valence-corrected chi connectivity index (χ2v) is 9.89. The quantitative estimate of drug-likeness (QED) is 0.239. The van der Waals surface area contributed by atoms with Crippen LogP contribution >= 0.6 is 0 Å². The van der Waals surface area contributed by atoms with Gasteiger partial charge in [0.15, 0.2) is 38.5 Å². The highest BCUT2D eigenvalue weighted by Crippen LogP contribution is 2.35. The van der Waals surface area contributed by atoms with Crippen molar-refractivity contribution in [2.75, 3.05) is 6.61 Å². The lowest BCUT2D eigenvalue weighted by Gasteiger charge is -2.23. The molecule has 5 heteroatoms. The highest BCUT2D eigenvalue weighted by molar-refractivity contribution is 7.97. The maximum Gasteiger partial charge on any atom is 0.345 e. The van der Waals surface area contributed by atoms with Gasteiger partial charge in [0.25, 0.3) is 0 Å². The van der Waals surface area contributed by atoms with Gasteiger partial charge in [0.2, 0.25) is 0 Å². The number of carbonyl (C=O) groups is 1. The van der Waals surface area contributed by atoms with Crippen molar-refractivity contribution in [2.45, 2.75) is 52.9 Å². The van der Waals surface area contributed by atoms with E-state index in [2.05, 4.69) is 36.1 Å². The van der Waals surface area contributed by atoms with E-state index in [1.54, 1.807) is 19.1 Å². The molecule has 0 aromatic heterocycles. The summed E-state index contributed by atoms with van der Waals surface area (Å²) in [5.74, 6) is 4.89. The average molecular weight is 462 g/mol. The third-order valence-corrected chi connectivity index (χ3v) is 7.73. The first kappa shape index (κ1) is 22.9. The fraction of sp³-hybridized carbons (Fsp3) is 0.250. The van der Waals surface area contributed by atoms with Crippen LogP contribution in [0.15, 0.2) is 93.5 Å². The average Bonchev–Trinajstić information content (AvgIpc) is 3.29. The smallest absolute Gasteiger partial charge is 0.345 e. The van der Waals surface area contributed by atoms with E-state index in [9.17, 15) is 9.18 Å². The molecule has 0 N–H and O–H groups in total. The highest BCUT2D eigenvalue weighted by Gasteiger charge is 2.36. The van der Waals surface area contributed by atoms with Gasteiger partial charge in [-0.3, -0.25) is 0 Å². The number of rotatable bonds is 7. The summed E-state index contributed by atoms with van der Waals surface area (Å²) in [6.45, 7) is 1.37. The number of carbonyl (C=O) groups excluding carboxylic acids is 1. The van der Waals surface area contributed by atoms with Crippen molar-refractivity contribution in [2.24, 2.45) is 0 Å². The van der Waals surface area contributed by atoms with Gasteiger partial charge in [0, 0.05) is 6.07 Å². The maximum absolute atomic E-state index is 14.6. The van der Waals surface area contributed by atoms with E-state index in [4.69, 9.17) is 9.47 Å². The zero-order chi connectivity index (χ0) is 23.1. The Morgan fingerprint density at radius 2 is 1.55 bits per heavy atom. The minimum Gasteiger partial charge on any atom is -0.479 e.